The van der Waals surface area contributed by atoms with Crippen LogP contribution in [-0.2, 0) is 17.6 Å². The molecule has 170 valence electrons. The van der Waals surface area contributed by atoms with Gasteiger partial charge in [-0.3, -0.25) is 4.79 Å². The van der Waals surface area contributed by atoms with Crippen molar-refractivity contribution in [1.29, 1.82) is 0 Å². The van der Waals surface area contributed by atoms with Crippen LogP contribution in [0.5, 0.6) is 11.5 Å². The Morgan fingerprint density at radius 2 is 1.79 bits per heavy atom. The van der Waals surface area contributed by atoms with Crippen molar-refractivity contribution < 1.29 is 19.0 Å². The van der Waals surface area contributed by atoms with Crippen LogP contribution in [0.3, 0.4) is 0 Å². The number of ether oxygens (including phenoxy) is 3. The average Bonchev–Trinajstić information content (AvgIpc) is 3.16. The smallest absolute Gasteiger partial charge is 0.348 e. The number of fused-ring (bicyclic) bond motifs is 1. The minimum atomic E-state index is -0.438. The van der Waals surface area contributed by atoms with Crippen LogP contribution < -0.4 is 15.0 Å². The lowest BCUT2D eigenvalue weighted by atomic mass is 10.1. The highest BCUT2D eigenvalue weighted by molar-refractivity contribution is 7.20. The molecular weight excluding hydrogens is 440 g/mol. The Bertz CT molecular complexity index is 1340. The maximum atomic E-state index is 12.8. The lowest BCUT2D eigenvalue weighted by Gasteiger charge is -2.09. The van der Waals surface area contributed by atoms with Crippen molar-refractivity contribution in [2.75, 3.05) is 20.8 Å². The Balaban J connectivity index is 1.54. The molecule has 2 heterocycles. The molecule has 2 aromatic carbocycles. The maximum Gasteiger partial charge on any atom is 0.348 e. The summed E-state index contributed by atoms with van der Waals surface area (Å²) < 4.78 is 16.1. The molecule has 0 spiro atoms. The van der Waals surface area contributed by atoms with Gasteiger partial charge in [-0.15, -0.1) is 11.3 Å². The first-order valence-electron chi connectivity index (χ1n) is 10.4. The minimum Gasteiger partial charge on any atom is -0.493 e. The van der Waals surface area contributed by atoms with E-state index in [1.165, 1.54) is 11.3 Å². The largest absolute Gasteiger partial charge is 0.493 e. The molecule has 0 bridgehead atoms. The van der Waals surface area contributed by atoms with Crippen molar-refractivity contribution >= 4 is 27.5 Å². The second-order valence-corrected chi connectivity index (χ2v) is 8.49. The van der Waals surface area contributed by atoms with Gasteiger partial charge in [0.05, 0.1) is 26.2 Å². The van der Waals surface area contributed by atoms with Crippen molar-refractivity contribution in [3.05, 3.63) is 86.3 Å². The van der Waals surface area contributed by atoms with Gasteiger partial charge in [-0.25, -0.2) is 9.78 Å². The quantitative estimate of drug-likeness (QED) is 0.391. The van der Waals surface area contributed by atoms with Crippen molar-refractivity contribution in [2.45, 2.75) is 19.8 Å². The van der Waals surface area contributed by atoms with Gasteiger partial charge < -0.3 is 19.2 Å². The summed E-state index contributed by atoms with van der Waals surface area (Å²) in [5, 5.41) is 0.422. The first-order chi connectivity index (χ1) is 16.0. The fraction of sp³-hybridized carbons (Fsp3) is 0.240. The molecule has 0 aliphatic rings. The summed E-state index contributed by atoms with van der Waals surface area (Å²) in [6.07, 6.45) is 1.03. The first-order valence-corrected chi connectivity index (χ1v) is 11.3. The molecule has 1 N–H and O–H groups in total. The number of aromatic nitrogens is 2. The Labute approximate surface area is 195 Å². The number of nitrogens with zero attached hydrogens (tertiary/aromatic N) is 1. The Morgan fingerprint density at radius 1 is 1.03 bits per heavy atom. The number of benzene rings is 2. The highest BCUT2D eigenvalue weighted by Gasteiger charge is 2.20. The SMILES string of the molecule is COc1ccc(Cc2nc3sc(C(=O)OCCc4ccccc4)c(C)c3c(=O)[nH]2)cc1OC. The molecule has 0 atom stereocenters. The lowest BCUT2D eigenvalue weighted by Crippen LogP contribution is -2.12. The molecule has 7 nitrogen and oxygen atoms in total. The Hall–Kier alpha value is -3.65. The fourth-order valence-corrected chi connectivity index (χ4v) is 4.72. The van der Waals surface area contributed by atoms with E-state index < -0.39 is 5.97 Å². The molecule has 0 unspecified atom stereocenters. The number of esters is 1. The van der Waals surface area contributed by atoms with Crippen molar-refractivity contribution in [2.24, 2.45) is 0 Å². The number of methoxy groups -OCH3 is 2. The normalized spacial score (nSPS) is 10.9. The highest BCUT2D eigenvalue weighted by atomic mass is 32.1. The molecule has 4 rings (SSSR count). The summed E-state index contributed by atoms with van der Waals surface area (Å²) in [6, 6.07) is 15.4. The zero-order valence-electron chi connectivity index (χ0n) is 18.6. The fourth-order valence-electron chi connectivity index (χ4n) is 3.62. The van der Waals surface area contributed by atoms with Crippen LogP contribution in [0.4, 0.5) is 0 Å². The van der Waals surface area contributed by atoms with E-state index in [4.69, 9.17) is 14.2 Å². The van der Waals surface area contributed by atoms with Crippen LogP contribution >= 0.6 is 11.3 Å². The predicted molar refractivity (Wildman–Crippen MR) is 128 cm³/mol. The van der Waals surface area contributed by atoms with Crippen LogP contribution in [0.2, 0.25) is 0 Å². The van der Waals surface area contributed by atoms with Gasteiger partial charge in [0.15, 0.2) is 11.5 Å². The summed E-state index contributed by atoms with van der Waals surface area (Å²) in [5.74, 6) is 1.30. The third-order valence-electron chi connectivity index (χ3n) is 5.32. The number of carbonyl (C=O) groups excluding carboxylic acids is 1. The third-order valence-corrected chi connectivity index (χ3v) is 6.49. The van der Waals surface area contributed by atoms with Crippen LogP contribution in [0, 0.1) is 6.92 Å². The number of carbonyl (C=O) groups is 1. The number of hydrogen-bond donors (Lipinski definition) is 1. The van der Waals surface area contributed by atoms with Crippen molar-refractivity contribution in [1.82, 2.24) is 9.97 Å². The van der Waals surface area contributed by atoms with E-state index in [-0.39, 0.29) is 12.2 Å². The summed E-state index contributed by atoms with van der Waals surface area (Å²) in [7, 11) is 3.15. The number of aromatic amines is 1. The molecule has 8 heteroatoms. The number of hydrogen-bond acceptors (Lipinski definition) is 7. The van der Waals surface area contributed by atoms with Gasteiger partial charge in [0.2, 0.25) is 0 Å². The summed E-state index contributed by atoms with van der Waals surface area (Å²) in [5.41, 5.74) is 2.32. The molecule has 0 amide bonds. The zero-order valence-corrected chi connectivity index (χ0v) is 19.5. The maximum absolute atomic E-state index is 12.8. The number of thiophene rings is 1. The first kappa shape index (κ1) is 22.5. The van der Waals surface area contributed by atoms with Crippen LogP contribution in [0.15, 0.2) is 53.3 Å². The van der Waals surface area contributed by atoms with E-state index in [0.717, 1.165) is 11.1 Å². The van der Waals surface area contributed by atoms with Gasteiger partial charge in [-0.05, 0) is 35.7 Å². The van der Waals surface area contributed by atoms with Crippen LogP contribution in [0.25, 0.3) is 10.2 Å². The van der Waals surface area contributed by atoms with Gasteiger partial charge in [-0.1, -0.05) is 36.4 Å². The van der Waals surface area contributed by atoms with Gasteiger partial charge in [0.25, 0.3) is 5.56 Å². The number of rotatable bonds is 8. The van der Waals surface area contributed by atoms with E-state index in [0.29, 0.717) is 50.8 Å². The minimum absolute atomic E-state index is 0.269. The molecule has 0 aliphatic carbocycles. The standard InChI is InChI=1S/C25H24N2O5S/c1-15-21-23(28)26-20(14-17-9-10-18(30-2)19(13-17)31-3)27-24(21)33-22(15)25(29)32-12-11-16-7-5-4-6-8-16/h4-10,13H,11-12,14H2,1-3H3,(H,26,27,28). The summed E-state index contributed by atoms with van der Waals surface area (Å²) >= 11 is 1.18. The molecular formula is C25H24N2O5S. The van der Waals surface area contributed by atoms with E-state index in [1.54, 1.807) is 21.1 Å². The second-order valence-electron chi connectivity index (χ2n) is 7.49. The van der Waals surface area contributed by atoms with E-state index in [9.17, 15) is 9.59 Å². The van der Waals surface area contributed by atoms with Gasteiger partial charge in [0.1, 0.15) is 15.5 Å². The van der Waals surface area contributed by atoms with Gasteiger partial charge in [-0.2, -0.15) is 0 Å². The third kappa shape index (κ3) is 4.90. The molecule has 0 radical (unpaired) electrons. The lowest BCUT2D eigenvalue weighted by molar-refractivity contribution is 0.0514. The second kappa shape index (κ2) is 9.87. The van der Waals surface area contributed by atoms with Crippen molar-refractivity contribution in [3.8, 4) is 11.5 Å². The zero-order chi connectivity index (χ0) is 23.4. The van der Waals surface area contributed by atoms with Crippen LogP contribution in [0.1, 0.15) is 32.2 Å². The predicted octanol–water partition coefficient (Wildman–Crippen LogP) is 4.30. The van der Waals surface area contributed by atoms with Gasteiger partial charge in [0, 0.05) is 12.8 Å². The number of aryl methyl sites for hydroxylation is 1. The van der Waals surface area contributed by atoms with Crippen molar-refractivity contribution in [3.63, 3.8) is 0 Å². The number of nitrogens with one attached hydrogen (secondary N) is 1. The van der Waals surface area contributed by atoms with E-state index >= 15 is 0 Å². The molecule has 0 saturated heterocycles. The average molecular weight is 465 g/mol. The topological polar surface area (TPSA) is 90.5 Å². The number of H-pyrrole nitrogens is 1. The molecule has 0 fully saturated rings. The molecule has 33 heavy (non-hydrogen) atoms. The molecule has 2 aromatic heterocycles. The molecule has 0 saturated carbocycles. The molecule has 0 aliphatic heterocycles. The molecule has 4 aromatic rings. The summed E-state index contributed by atoms with van der Waals surface area (Å²) in [6.45, 7) is 2.02. The van der Waals surface area contributed by atoms with E-state index in [1.807, 2.05) is 48.5 Å². The Kier molecular flexibility index (Phi) is 6.74. The van der Waals surface area contributed by atoms with Gasteiger partial charge >= 0.3 is 5.97 Å². The van der Waals surface area contributed by atoms with E-state index in [2.05, 4.69) is 9.97 Å². The Morgan fingerprint density at radius 3 is 2.52 bits per heavy atom. The monoisotopic (exact) mass is 464 g/mol. The highest BCUT2D eigenvalue weighted by Crippen LogP contribution is 2.30. The summed E-state index contributed by atoms with van der Waals surface area (Å²) in [4.78, 5) is 33.8. The van der Waals surface area contributed by atoms with Crippen LogP contribution in [-0.4, -0.2) is 36.8 Å².